The molecular formula is C21H19F3N2O2. The standard InChI is InChI=1S/C21H19F3N2O2/c1-14-18(26-20(28-14)16-8-3-2-4-9-16)13-19(27)25-12-11-15-7-5-6-10-17(15)21(22,23)24/h2-10H,11-13H2,1H3,(H,25,27). The normalized spacial score (nSPS) is 11.4. The molecule has 0 saturated carbocycles. The van der Waals surface area contributed by atoms with Crippen LogP contribution in [0.1, 0.15) is 22.6 Å². The van der Waals surface area contributed by atoms with Crippen LogP contribution in [0.5, 0.6) is 0 Å². The lowest BCUT2D eigenvalue weighted by molar-refractivity contribution is -0.138. The summed E-state index contributed by atoms with van der Waals surface area (Å²) in [6, 6.07) is 14.7. The molecule has 0 fully saturated rings. The number of benzene rings is 2. The second-order valence-electron chi connectivity index (χ2n) is 6.32. The molecule has 0 bridgehead atoms. The summed E-state index contributed by atoms with van der Waals surface area (Å²) in [5.41, 5.74) is 0.788. The van der Waals surface area contributed by atoms with Gasteiger partial charge in [-0.05, 0) is 37.1 Å². The van der Waals surface area contributed by atoms with Gasteiger partial charge >= 0.3 is 6.18 Å². The molecule has 1 heterocycles. The monoisotopic (exact) mass is 388 g/mol. The van der Waals surface area contributed by atoms with Crippen LogP contribution in [0.4, 0.5) is 13.2 Å². The summed E-state index contributed by atoms with van der Waals surface area (Å²) in [5, 5.41) is 2.65. The minimum Gasteiger partial charge on any atom is -0.441 e. The number of aromatic nitrogens is 1. The van der Waals surface area contributed by atoms with Gasteiger partial charge in [0.05, 0.1) is 17.7 Å². The fraction of sp³-hybridized carbons (Fsp3) is 0.238. The molecule has 4 nitrogen and oxygen atoms in total. The highest BCUT2D eigenvalue weighted by molar-refractivity contribution is 5.78. The van der Waals surface area contributed by atoms with Gasteiger partial charge in [0.2, 0.25) is 11.8 Å². The second-order valence-corrected chi connectivity index (χ2v) is 6.32. The molecule has 3 rings (SSSR count). The van der Waals surface area contributed by atoms with Crippen molar-refractivity contribution in [2.24, 2.45) is 0 Å². The highest BCUT2D eigenvalue weighted by Crippen LogP contribution is 2.31. The zero-order chi connectivity index (χ0) is 20.1. The molecule has 0 atom stereocenters. The maximum atomic E-state index is 13.0. The van der Waals surface area contributed by atoms with Gasteiger partial charge < -0.3 is 9.73 Å². The summed E-state index contributed by atoms with van der Waals surface area (Å²) in [7, 11) is 0. The maximum Gasteiger partial charge on any atom is 0.416 e. The first-order valence-corrected chi connectivity index (χ1v) is 8.78. The maximum absolute atomic E-state index is 13.0. The Bertz CT molecular complexity index is 950. The van der Waals surface area contributed by atoms with E-state index in [0.717, 1.165) is 11.6 Å². The van der Waals surface area contributed by atoms with Gasteiger partial charge in [0.15, 0.2) is 0 Å². The van der Waals surface area contributed by atoms with Gasteiger partial charge in [0.1, 0.15) is 5.76 Å². The molecule has 146 valence electrons. The van der Waals surface area contributed by atoms with Crippen LogP contribution in [-0.2, 0) is 23.8 Å². The van der Waals surface area contributed by atoms with E-state index in [1.54, 1.807) is 13.0 Å². The Labute approximate surface area is 160 Å². The van der Waals surface area contributed by atoms with Crippen LogP contribution in [0.3, 0.4) is 0 Å². The van der Waals surface area contributed by atoms with E-state index in [9.17, 15) is 18.0 Å². The molecule has 1 N–H and O–H groups in total. The van der Waals surface area contributed by atoms with Crippen molar-refractivity contribution >= 4 is 5.91 Å². The first-order valence-electron chi connectivity index (χ1n) is 8.78. The number of rotatable bonds is 6. The molecule has 28 heavy (non-hydrogen) atoms. The van der Waals surface area contributed by atoms with E-state index in [1.165, 1.54) is 12.1 Å². The molecule has 0 spiro atoms. The average molecular weight is 388 g/mol. The zero-order valence-corrected chi connectivity index (χ0v) is 15.2. The van der Waals surface area contributed by atoms with Crippen molar-refractivity contribution in [1.82, 2.24) is 10.3 Å². The number of oxazole rings is 1. The molecular weight excluding hydrogens is 369 g/mol. The minimum atomic E-state index is -4.41. The smallest absolute Gasteiger partial charge is 0.416 e. The predicted molar refractivity (Wildman–Crippen MR) is 98.5 cm³/mol. The summed E-state index contributed by atoms with van der Waals surface area (Å²) in [4.78, 5) is 16.5. The van der Waals surface area contributed by atoms with Gasteiger partial charge in [-0.15, -0.1) is 0 Å². The van der Waals surface area contributed by atoms with Crippen molar-refractivity contribution in [2.45, 2.75) is 25.9 Å². The Morgan fingerprint density at radius 1 is 1.07 bits per heavy atom. The van der Waals surface area contributed by atoms with Crippen molar-refractivity contribution in [3.05, 3.63) is 77.2 Å². The summed E-state index contributed by atoms with van der Waals surface area (Å²) < 4.78 is 44.6. The molecule has 0 radical (unpaired) electrons. The molecule has 0 aliphatic carbocycles. The molecule has 1 amide bonds. The highest BCUT2D eigenvalue weighted by Gasteiger charge is 2.32. The molecule has 1 aromatic heterocycles. The van der Waals surface area contributed by atoms with Crippen molar-refractivity contribution in [3.8, 4) is 11.5 Å². The third-order valence-electron chi connectivity index (χ3n) is 4.28. The van der Waals surface area contributed by atoms with Gasteiger partial charge in [-0.3, -0.25) is 4.79 Å². The number of amides is 1. The Kier molecular flexibility index (Phi) is 5.82. The zero-order valence-electron chi connectivity index (χ0n) is 15.2. The topological polar surface area (TPSA) is 55.1 Å². The Morgan fingerprint density at radius 2 is 1.75 bits per heavy atom. The van der Waals surface area contributed by atoms with Crippen molar-refractivity contribution < 1.29 is 22.4 Å². The largest absolute Gasteiger partial charge is 0.441 e. The van der Waals surface area contributed by atoms with E-state index in [1.807, 2.05) is 30.3 Å². The van der Waals surface area contributed by atoms with Gasteiger partial charge in [-0.25, -0.2) is 4.98 Å². The fourth-order valence-corrected chi connectivity index (χ4v) is 2.86. The van der Waals surface area contributed by atoms with Crippen LogP contribution in [0.25, 0.3) is 11.5 Å². The number of hydrogen-bond acceptors (Lipinski definition) is 3. The van der Waals surface area contributed by atoms with Crippen LogP contribution in [0.15, 0.2) is 59.0 Å². The molecule has 0 aliphatic heterocycles. The van der Waals surface area contributed by atoms with E-state index < -0.39 is 11.7 Å². The summed E-state index contributed by atoms with van der Waals surface area (Å²) >= 11 is 0. The van der Waals surface area contributed by atoms with Crippen LogP contribution in [0, 0.1) is 6.92 Å². The molecule has 0 aliphatic rings. The molecule has 0 saturated heterocycles. The van der Waals surface area contributed by atoms with E-state index in [0.29, 0.717) is 17.3 Å². The second kappa shape index (κ2) is 8.29. The quantitative estimate of drug-likeness (QED) is 0.673. The fourth-order valence-electron chi connectivity index (χ4n) is 2.86. The number of alkyl halides is 3. The third kappa shape index (κ3) is 4.79. The number of carbonyl (C=O) groups excluding carboxylic acids is 1. The van der Waals surface area contributed by atoms with Gasteiger partial charge in [0.25, 0.3) is 0 Å². The first kappa shape index (κ1) is 19.7. The summed E-state index contributed by atoms with van der Waals surface area (Å²) in [6.45, 7) is 1.83. The number of nitrogens with one attached hydrogen (secondary N) is 1. The molecule has 0 unspecified atom stereocenters. The Hall–Kier alpha value is -3.09. The Morgan fingerprint density at radius 3 is 2.46 bits per heavy atom. The lowest BCUT2D eigenvalue weighted by Crippen LogP contribution is -2.28. The average Bonchev–Trinajstić information content (AvgIpc) is 3.02. The molecule has 7 heteroatoms. The number of nitrogens with zero attached hydrogens (tertiary/aromatic N) is 1. The van der Waals surface area contributed by atoms with E-state index in [4.69, 9.17) is 4.42 Å². The van der Waals surface area contributed by atoms with Crippen molar-refractivity contribution in [3.63, 3.8) is 0 Å². The van der Waals surface area contributed by atoms with Crippen molar-refractivity contribution in [2.75, 3.05) is 6.54 Å². The molecule has 3 aromatic rings. The van der Waals surface area contributed by atoms with E-state index in [-0.39, 0.29) is 30.9 Å². The summed E-state index contributed by atoms with van der Waals surface area (Å²) in [6.07, 6.45) is -4.32. The predicted octanol–water partition coefficient (Wildman–Crippen LogP) is 4.57. The van der Waals surface area contributed by atoms with Crippen LogP contribution in [-0.4, -0.2) is 17.4 Å². The lowest BCUT2D eigenvalue weighted by Gasteiger charge is -2.12. The van der Waals surface area contributed by atoms with Crippen LogP contribution >= 0.6 is 0 Å². The first-order chi connectivity index (χ1) is 13.3. The van der Waals surface area contributed by atoms with Gasteiger partial charge in [-0.1, -0.05) is 36.4 Å². The number of aryl methyl sites for hydroxylation is 1. The highest BCUT2D eigenvalue weighted by atomic mass is 19.4. The summed E-state index contributed by atoms with van der Waals surface area (Å²) in [5.74, 6) is 0.650. The SMILES string of the molecule is Cc1oc(-c2ccccc2)nc1CC(=O)NCCc1ccccc1C(F)(F)F. The van der Waals surface area contributed by atoms with Gasteiger partial charge in [0, 0.05) is 12.1 Å². The van der Waals surface area contributed by atoms with E-state index >= 15 is 0 Å². The lowest BCUT2D eigenvalue weighted by atomic mass is 10.0. The number of carbonyl (C=O) groups is 1. The van der Waals surface area contributed by atoms with Gasteiger partial charge in [-0.2, -0.15) is 13.2 Å². The Balaban J connectivity index is 1.58. The van der Waals surface area contributed by atoms with E-state index in [2.05, 4.69) is 10.3 Å². The van der Waals surface area contributed by atoms with Crippen LogP contribution < -0.4 is 5.32 Å². The number of halogens is 3. The number of hydrogen-bond donors (Lipinski definition) is 1. The van der Waals surface area contributed by atoms with Crippen LogP contribution in [0.2, 0.25) is 0 Å². The molecule has 2 aromatic carbocycles. The van der Waals surface area contributed by atoms with Crippen molar-refractivity contribution in [1.29, 1.82) is 0 Å². The minimum absolute atomic E-state index is 0.00306. The third-order valence-corrected chi connectivity index (χ3v) is 4.28.